The third kappa shape index (κ3) is 6.14. The van der Waals surface area contributed by atoms with Gasteiger partial charge in [0, 0.05) is 55.8 Å². The predicted molar refractivity (Wildman–Crippen MR) is 123 cm³/mol. The molecule has 6 nitrogen and oxygen atoms in total. The molecule has 2 saturated carbocycles. The molecule has 0 radical (unpaired) electrons. The van der Waals surface area contributed by atoms with Crippen LogP contribution in [-0.4, -0.2) is 48.9 Å². The number of aromatic nitrogens is 2. The number of halogens is 1. The van der Waals surface area contributed by atoms with Gasteiger partial charge < -0.3 is 20.7 Å². The number of anilines is 2. The second kappa shape index (κ2) is 9.92. The summed E-state index contributed by atoms with van der Waals surface area (Å²) < 4.78 is 19.7. The van der Waals surface area contributed by atoms with E-state index in [0.29, 0.717) is 23.1 Å². The summed E-state index contributed by atoms with van der Waals surface area (Å²) >= 11 is 0. The zero-order valence-corrected chi connectivity index (χ0v) is 18.6. The van der Waals surface area contributed by atoms with E-state index in [0.717, 1.165) is 62.4 Å². The van der Waals surface area contributed by atoms with E-state index in [-0.39, 0.29) is 5.82 Å². The first kappa shape index (κ1) is 22.0. The fourth-order valence-corrected chi connectivity index (χ4v) is 4.14. The smallest absolute Gasteiger partial charge is 0.149 e. The molecule has 3 N–H and O–H groups in total. The second-order valence-electron chi connectivity index (χ2n) is 9.32. The molecule has 31 heavy (non-hydrogen) atoms. The van der Waals surface area contributed by atoms with Gasteiger partial charge in [-0.15, -0.1) is 0 Å². The molecular weight excluding hydrogens is 393 g/mol. The Morgan fingerprint density at radius 2 is 1.87 bits per heavy atom. The molecule has 2 aliphatic carbocycles. The largest absolute Gasteiger partial charge is 0.383 e. The molecule has 0 aliphatic heterocycles. The minimum Gasteiger partial charge on any atom is -0.383 e. The summed E-state index contributed by atoms with van der Waals surface area (Å²) in [6.07, 6.45) is 11.7. The molecule has 2 fully saturated rings. The Balaban J connectivity index is 1.36. The first-order valence-corrected chi connectivity index (χ1v) is 11.4. The van der Waals surface area contributed by atoms with Gasteiger partial charge in [-0.3, -0.25) is 4.98 Å². The van der Waals surface area contributed by atoms with Crippen LogP contribution in [0.2, 0.25) is 0 Å². The molecule has 0 saturated heterocycles. The van der Waals surface area contributed by atoms with Gasteiger partial charge in [-0.25, -0.2) is 9.37 Å². The van der Waals surface area contributed by atoms with Crippen molar-refractivity contribution in [2.75, 3.05) is 37.4 Å². The molecule has 2 heterocycles. The number of hydrogen-bond acceptors (Lipinski definition) is 6. The van der Waals surface area contributed by atoms with Gasteiger partial charge in [0.2, 0.25) is 0 Å². The van der Waals surface area contributed by atoms with Gasteiger partial charge in [-0.05, 0) is 56.1 Å². The highest BCUT2D eigenvalue weighted by molar-refractivity contribution is 5.69. The maximum Gasteiger partial charge on any atom is 0.149 e. The minimum absolute atomic E-state index is 0.329. The third-order valence-corrected chi connectivity index (χ3v) is 6.55. The molecule has 2 aliphatic rings. The number of nitrogens with zero attached hydrogens (tertiary/aromatic N) is 2. The zero-order valence-electron chi connectivity index (χ0n) is 18.6. The lowest BCUT2D eigenvalue weighted by Crippen LogP contribution is -2.38. The first-order valence-electron chi connectivity index (χ1n) is 11.4. The fraction of sp³-hybridized carbons (Fsp3) is 0.583. The molecule has 0 amide bonds. The Morgan fingerprint density at radius 3 is 2.61 bits per heavy atom. The molecule has 0 atom stereocenters. The van der Waals surface area contributed by atoms with Crippen molar-refractivity contribution in [1.29, 1.82) is 0 Å². The molecule has 4 rings (SSSR count). The maximum atomic E-state index is 14.6. The van der Waals surface area contributed by atoms with Crippen molar-refractivity contribution in [2.45, 2.75) is 57.5 Å². The summed E-state index contributed by atoms with van der Waals surface area (Å²) in [5.41, 5.74) is 2.62. The van der Waals surface area contributed by atoms with Gasteiger partial charge in [-0.2, -0.15) is 0 Å². The molecule has 0 aromatic carbocycles. The van der Waals surface area contributed by atoms with Crippen LogP contribution in [0.5, 0.6) is 0 Å². The van der Waals surface area contributed by atoms with E-state index < -0.39 is 0 Å². The Labute approximate surface area is 184 Å². The Morgan fingerprint density at radius 1 is 1.10 bits per heavy atom. The summed E-state index contributed by atoms with van der Waals surface area (Å²) in [6.45, 7) is 4.84. The van der Waals surface area contributed by atoms with Crippen LogP contribution in [0.25, 0.3) is 11.1 Å². The predicted octanol–water partition coefficient (Wildman–Crippen LogP) is 4.45. The van der Waals surface area contributed by atoms with Crippen molar-refractivity contribution in [3.05, 3.63) is 36.5 Å². The second-order valence-corrected chi connectivity index (χ2v) is 9.32. The van der Waals surface area contributed by atoms with Crippen LogP contribution in [0.15, 0.2) is 30.7 Å². The lowest BCUT2D eigenvalue weighted by Gasteiger charge is -2.30. The average molecular weight is 428 g/mol. The van der Waals surface area contributed by atoms with Gasteiger partial charge in [0.15, 0.2) is 0 Å². The normalized spacial score (nSPS) is 22.2. The van der Waals surface area contributed by atoms with E-state index in [4.69, 9.17) is 4.74 Å². The number of pyridine rings is 2. The standard InChI is InChI=1S/C24H34FN5O/c1-24(7-8-24)16-29-20-11-17(13-26-14-20)21-12-23(28-15-22(21)25)30-19-5-3-18(4-6-19)27-9-10-31-2/h11-15,18-19,27,29H,3-10,16H2,1-2H3,(H,28,30). The number of methoxy groups -OCH3 is 1. The molecule has 7 heteroatoms. The molecular formula is C24H34FN5O. The van der Waals surface area contributed by atoms with E-state index in [1.165, 1.54) is 19.0 Å². The minimum atomic E-state index is -0.329. The number of hydrogen-bond donors (Lipinski definition) is 3. The number of nitrogens with one attached hydrogen (secondary N) is 3. The van der Waals surface area contributed by atoms with Crippen LogP contribution in [0.3, 0.4) is 0 Å². The highest BCUT2D eigenvalue weighted by atomic mass is 19.1. The van der Waals surface area contributed by atoms with Crippen molar-refractivity contribution in [3.8, 4) is 11.1 Å². The lowest BCUT2D eigenvalue weighted by molar-refractivity contribution is 0.191. The molecule has 0 bridgehead atoms. The van der Waals surface area contributed by atoms with Crippen LogP contribution in [-0.2, 0) is 4.74 Å². The van der Waals surface area contributed by atoms with Gasteiger partial charge in [0.25, 0.3) is 0 Å². The van der Waals surface area contributed by atoms with Crippen molar-refractivity contribution < 1.29 is 9.13 Å². The van der Waals surface area contributed by atoms with E-state index >= 15 is 0 Å². The number of ether oxygens (including phenoxy) is 1. The molecule has 2 aromatic rings. The Bertz CT molecular complexity index is 865. The monoisotopic (exact) mass is 427 g/mol. The van der Waals surface area contributed by atoms with Crippen LogP contribution < -0.4 is 16.0 Å². The van der Waals surface area contributed by atoms with Gasteiger partial charge in [-0.1, -0.05) is 6.92 Å². The van der Waals surface area contributed by atoms with Crippen LogP contribution in [0.4, 0.5) is 15.9 Å². The van der Waals surface area contributed by atoms with Gasteiger partial charge >= 0.3 is 0 Å². The summed E-state index contributed by atoms with van der Waals surface area (Å²) in [7, 11) is 1.73. The van der Waals surface area contributed by atoms with Crippen LogP contribution >= 0.6 is 0 Å². The lowest BCUT2D eigenvalue weighted by atomic mass is 9.91. The van der Waals surface area contributed by atoms with Crippen molar-refractivity contribution in [3.63, 3.8) is 0 Å². The Kier molecular flexibility index (Phi) is 7.02. The summed E-state index contributed by atoms with van der Waals surface area (Å²) in [4.78, 5) is 8.60. The zero-order chi connectivity index (χ0) is 21.7. The highest BCUT2D eigenvalue weighted by Gasteiger charge is 2.36. The Hall–Kier alpha value is -2.25. The van der Waals surface area contributed by atoms with Gasteiger partial charge in [0.05, 0.1) is 18.5 Å². The molecule has 0 spiro atoms. The summed E-state index contributed by atoms with van der Waals surface area (Å²) in [5, 5.41) is 10.5. The van der Waals surface area contributed by atoms with E-state index in [2.05, 4.69) is 32.8 Å². The summed E-state index contributed by atoms with van der Waals surface area (Å²) in [6, 6.07) is 4.68. The molecule has 0 unspecified atom stereocenters. The number of rotatable bonds is 10. The molecule has 168 valence electrons. The average Bonchev–Trinajstić information content (AvgIpc) is 3.53. The molecule has 2 aromatic heterocycles. The topological polar surface area (TPSA) is 71.1 Å². The maximum absolute atomic E-state index is 14.6. The van der Waals surface area contributed by atoms with Crippen molar-refractivity contribution >= 4 is 11.5 Å². The van der Waals surface area contributed by atoms with Crippen LogP contribution in [0, 0.1) is 11.2 Å². The van der Waals surface area contributed by atoms with E-state index in [1.807, 2.05) is 6.07 Å². The fourth-order valence-electron chi connectivity index (χ4n) is 4.14. The van der Waals surface area contributed by atoms with Crippen LogP contribution in [0.1, 0.15) is 45.4 Å². The van der Waals surface area contributed by atoms with E-state index in [9.17, 15) is 4.39 Å². The van der Waals surface area contributed by atoms with Gasteiger partial charge in [0.1, 0.15) is 11.6 Å². The van der Waals surface area contributed by atoms with Crippen molar-refractivity contribution in [1.82, 2.24) is 15.3 Å². The van der Waals surface area contributed by atoms with Crippen molar-refractivity contribution in [2.24, 2.45) is 5.41 Å². The summed E-state index contributed by atoms with van der Waals surface area (Å²) in [5.74, 6) is 0.390. The highest BCUT2D eigenvalue weighted by Crippen LogP contribution is 2.44. The SMILES string of the molecule is COCCNC1CCC(Nc2cc(-c3cncc(NCC4(C)CC4)c3)c(F)cn2)CC1. The van der Waals surface area contributed by atoms with E-state index in [1.54, 1.807) is 25.6 Å². The first-order chi connectivity index (χ1) is 15.0. The quantitative estimate of drug-likeness (QED) is 0.487. The third-order valence-electron chi connectivity index (χ3n) is 6.55.